The molecule has 5 aliphatic rings. The SMILES string of the molecule is CCOC(=O)c1sc(Nc2nc(N3CCC(C#N)CC3)cc(N3CCC(C#N)CC3)n2)nc1C.CCOC(=O)c1sc(Nc2nc(NCc3ccc(S(=O)(=O)O)cc3)cc(N3CCOCC3)n2)nc1C.CCOC(=O)c1sc(Nc2nc(NCc3ccc(S(C)(=O)=O)cc3)cc(N3CCC(C(N)=O)CC3)n2)nc1C.CCOC(=O)c1sc(Nc2nc(NCc3ccc(S(C)(=O)=O)cc3)cc(N3CCN(CC)CC3)n2)nc1C. The van der Waals surface area contributed by atoms with Gasteiger partial charge >= 0.3 is 23.9 Å². The molecule has 10 N–H and O–H groups in total. The van der Waals surface area contributed by atoms with Gasteiger partial charge < -0.3 is 74.8 Å². The van der Waals surface area contributed by atoms with E-state index in [0.29, 0.717) is 195 Å². The van der Waals surface area contributed by atoms with Crippen molar-refractivity contribution in [3.8, 4) is 12.1 Å². The molecule has 0 atom stereocenters. The zero-order valence-corrected chi connectivity index (χ0v) is 88.8. The zero-order valence-electron chi connectivity index (χ0n) is 83.1. The maximum Gasteiger partial charge on any atom is 0.350 e. The van der Waals surface area contributed by atoms with E-state index in [1.54, 1.807) is 116 Å². The predicted octanol–water partition coefficient (Wildman–Crippen LogP) is 12.7. The third kappa shape index (κ3) is 31.4. The lowest BCUT2D eigenvalue weighted by Gasteiger charge is -2.34. The Hall–Kier alpha value is -13.8. The molecule has 0 bridgehead atoms. The van der Waals surface area contributed by atoms with E-state index in [2.05, 4.69) is 131 Å². The van der Waals surface area contributed by atoms with Gasteiger partial charge in [0.1, 0.15) is 66.1 Å². The quantitative estimate of drug-likeness (QED) is 0.0101. The van der Waals surface area contributed by atoms with Crippen molar-refractivity contribution in [3.63, 3.8) is 0 Å². The molecule has 11 aromatic rings. The number of nitrogens with zero attached hydrogens (tertiary/aromatic N) is 20. The van der Waals surface area contributed by atoms with E-state index in [0.717, 1.165) is 141 Å². The molecular formula is C95H118N28O17S7. The maximum absolute atomic E-state index is 12.2. The summed E-state index contributed by atoms with van der Waals surface area (Å²) in [5.74, 6) is 4.82. The van der Waals surface area contributed by atoms with Crippen molar-refractivity contribution >= 4 is 196 Å². The Bertz CT molecular complexity index is 6820. The number of carbonyl (C=O) groups is 5. The summed E-state index contributed by atoms with van der Waals surface area (Å²) in [7, 11) is -10.8. The molecule has 0 radical (unpaired) electrons. The molecule has 45 nitrogen and oxygen atoms in total. The number of esters is 4. The summed E-state index contributed by atoms with van der Waals surface area (Å²) in [6, 6.07) is 31.6. The summed E-state index contributed by atoms with van der Waals surface area (Å²) in [4.78, 5) is 131. The molecule has 13 heterocycles. The van der Waals surface area contributed by atoms with Gasteiger partial charge in [-0.1, -0.05) is 88.7 Å². The molecule has 5 aliphatic heterocycles. The first-order valence-corrected chi connectivity index (χ1v) is 56.1. The van der Waals surface area contributed by atoms with E-state index < -0.39 is 47.7 Å². The summed E-state index contributed by atoms with van der Waals surface area (Å²) in [5, 5.41) is 42.8. The highest BCUT2D eigenvalue weighted by atomic mass is 32.2. The Labute approximate surface area is 868 Å². The van der Waals surface area contributed by atoms with Crippen molar-refractivity contribution in [3.05, 3.63) is 156 Å². The fourth-order valence-electron chi connectivity index (χ4n) is 15.8. The van der Waals surface area contributed by atoms with Crippen LogP contribution in [0, 0.1) is 68.1 Å². The number of anilines is 16. The van der Waals surface area contributed by atoms with Crippen LogP contribution in [-0.2, 0) is 77.9 Å². The summed E-state index contributed by atoms with van der Waals surface area (Å²) in [6.45, 7) is 29.9. The number of likely N-dealkylation sites (N-methyl/N-ethyl adjacent to an activating group) is 1. The minimum atomic E-state index is -4.25. The van der Waals surface area contributed by atoms with E-state index in [4.69, 9.17) is 48.9 Å². The van der Waals surface area contributed by atoms with Gasteiger partial charge in [-0.25, -0.2) is 55.9 Å². The summed E-state index contributed by atoms with van der Waals surface area (Å²) >= 11 is 4.73. The van der Waals surface area contributed by atoms with Crippen LogP contribution in [-0.4, -0.2) is 262 Å². The van der Waals surface area contributed by atoms with Crippen LogP contribution in [0.3, 0.4) is 0 Å². The Morgan fingerprint density at radius 2 is 0.667 bits per heavy atom. The second-order valence-electron chi connectivity index (χ2n) is 34.3. The lowest BCUT2D eigenvalue weighted by Crippen LogP contribution is -2.46. The van der Waals surface area contributed by atoms with Gasteiger partial charge in [0, 0.05) is 153 Å². The second-order valence-corrected chi connectivity index (χ2v) is 43.8. The monoisotopic (exact) mass is 2150 g/mol. The van der Waals surface area contributed by atoms with Crippen molar-refractivity contribution in [1.29, 1.82) is 10.5 Å². The largest absolute Gasteiger partial charge is 0.462 e. The standard InChI is InChI=1S/C25H31N7O5S2.C25H33N7O4S2.C23H28N8O2S.C22H26N6O6S2/c1-4-37-23(34)21-15(2)28-25(38-21)31-24-29-19(27-14-16-5-7-18(8-6-16)39(3,35)36)13-20(30-24)32-11-9-17(10-12-32)22(26)33;1-5-31-11-13-32(14-12-31)21-15-20(26-16-18-7-9-19(10-8-18)38(4,34)35)28-24(29-21)30-25-27-17(3)22(37-25)23(33)36-6-2;1-3-33-21(32)20-15(2)26-23(34-20)29-22-27-18(30-8-4-16(13-24)5-9-30)12-19(28-22)31-10-6-17(14-25)7-11-31;1-3-34-20(29)19-14(2)24-22(35-19)27-21-25-17(12-18(26-21)28-8-10-33-11-9-28)23-13-15-4-6-16(7-5-15)36(30,31)32/h5-8,13,17H,4,9-12,14H2,1-3H3,(H2,26,33)(H2,27,28,29,30,31);7-10,15H,5-6,11-14,16H2,1-4H3,(H2,26,27,28,29,30);12,16-17H,3-11H2,1-2H3,(H,26,27,28,29);4-7,12H,3,8-11,13H2,1-2H3,(H,30,31,32)(H2,23,24,25,26,27). The fourth-order valence-corrected chi connectivity index (χ4v) is 20.9. The number of hydrogen-bond acceptors (Lipinski definition) is 47. The Balaban J connectivity index is 0.000000164. The Kier molecular flexibility index (Phi) is 38.7. The number of nitrogens with two attached hydrogens (primary N) is 1. The lowest BCUT2D eigenvalue weighted by molar-refractivity contribution is -0.122. The van der Waals surface area contributed by atoms with Crippen molar-refractivity contribution in [2.24, 2.45) is 23.5 Å². The van der Waals surface area contributed by atoms with Crippen LogP contribution in [0.2, 0.25) is 0 Å². The number of morpholine rings is 1. The molecule has 5 fully saturated rings. The van der Waals surface area contributed by atoms with E-state index in [9.17, 15) is 59.7 Å². The normalized spacial score (nSPS) is 14.9. The van der Waals surface area contributed by atoms with Gasteiger partial charge in [0.25, 0.3) is 10.1 Å². The van der Waals surface area contributed by atoms with Gasteiger partial charge in [-0.3, -0.25) is 30.6 Å². The number of piperidine rings is 3. The highest BCUT2D eigenvalue weighted by Gasteiger charge is 2.31. The number of piperazine rings is 1. The van der Waals surface area contributed by atoms with Gasteiger partial charge in [0.2, 0.25) is 29.7 Å². The lowest BCUT2D eigenvalue weighted by atomic mass is 9.96. The van der Waals surface area contributed by atoms with Crippen LogP contribution in [0.15, 0.2) is 112 Å². The molecule has 1 amide bonds. The van der Waals surface area contributed by atoms with Gasteiger partial charge in [-0.2, -0.15) is 58.8 Å². The molecule has 52 heteroatoms. The highest BCUT2D eigenvalue weighted by Crippen LogP contribution is 2.37. The van der Waals surface area contributed by atoms with Crippen LogP contribution in [0.1, 0.15) is 151 Å². The number of hydrogen-bond donors (Lipinski definition) is 9. The van der Waals surface area contributed by atoms with Crippen LogP contribution in [0.5, 0.6) is 0 Å². The average Bonchev–Trinajstić information content (AvgIpc) is 1.75. The zero-order chi connectivity index (χ0) is 105. The average molecular weight is 2150 g/mol. The molecule has 8 aromatic heterocycles. The number of aryl methyl sites for hydroxylation is 4. The predicted molar refractivity (Wildman–Crippen MR) is 562 cm³/mol. The van der Waals surface area contributed by atoms with Crippen molar-refractivity contribution < 1.29 is 77.5 Å². The van der Waals surface area contributed by atoms with E-state index >= 15 is 0 Å². The van der Waals surface area contributed by atoms with Crippen LogP contribution in [0.25, 0.3) is 0 Å². The van der Waals surface area contributed by atoms with E-state index in [-0.39, 0.29) is 63.5 Å². The van der Waals surface area contributed by atoms with Gasteiger partial charge in [-0.15, -0.1) is 0 Å². The number of aromatic nitrogens is 12. The summed E-state index contributed by atoms with van der Waals surface area (Å²) in [6.07, 6.45) is 6.85. The summed E-state index contributed by atoms with van der Waals surface area (Å²) in [5.41, 5.74) is 10.3. The third-order valence-corrected chi connectivity index (χ3v) is 31.1. The fraction of sp³-hybridized carbons (Fsp3) is 0.442. The number of ether oxygens (including phenoxy) is 5. The van der Waals surface area contributed by atoms with Crippen molar-refractivity contribution in [2.45, 2.75) is 135 Å². The number of nitrogens with one attached hydrogen (secondary N) is 7. The molecule has 147 heavy (non-hydrogen) atoms. The minimum Gasteiger partial charge on any atom is -0.462 e. The first-order chi connectivity index (χ1) is 70.4. The molecule has 0 saturated carbocycles. The topological polar surface area (TPSA) is 586 Å². The third-order valence-electron chi connectivity index (χ3n) is 23.8. The highest BCUT2D eigenvalue weighted by molar-refractivity contribution is 7.91. The van der Waals surface area contributed by atoms with E-state index in [1.165, 1.54) is 47.3 Å². The maximum atomic E-state index is 12.2. The number of benzene rings is 3. The number of sulfone groups is 2. The van der Waals surface area contributed by atoms with Gasteiger partial charge in [0.15, 0.2) is 40.2 Å². The number of carbonyl (C=O) groups excluding carboxylic acids is 5. The van der Waals surface area contributed by atoms with Gasteiger partial charge in [0.05, 0.1) is 89.2 Å². The Morgan fingerprint density at radius 1 is 0.395 bits per heavy atom. The molecule has 782 valence electrons. The van der Waals surface area contributed by atoms with Crippen molar-refractivity contribution in [2.75, 3.05) is 199 Å². The van der Waals surface area contributed by atoms with Crippen LogP contribution < -0.4 is 67.5 Å². The molecule has 16 rings (SSSR count). The number of nitriles is 2. The van der Waals surface area contributed by atoms with Crippen LogP contribution in [0.4, 0.5) is 90.9 Å². The van der Waals surface area contributed by atoms with E-state index in [1.807, 2.05) is 24.3 Å². The molecule has 5 saturated heterocycles. The molecular weight excluding hydrogens is 2030 g/mol. The van der Waals surface area contributed by atoms with Crippen LogP contribution >= 0.6 is 45.3 Å². The Morgan fingerprint density at radius 3 is 0.939 bits per heavy atom. The number of primary amides is 1. The van der Waals surface area contributed by atoms with Crippen molar-refractivity contribution in [1.82, 2.24) is 64.7 Å². The first-order valence-electron chi connectivity index (χ1n) is 47.6. The molecule has 0 aliphatic carbocycles. The minimum absolute atomic E-state index is 0.0831. The van der Waals surface area contributed by atoms with Gasteiger partial charge in [-0.05, 0) is 154 Å². The number of amides is 1. The first kappa shape index (κ1) is 110. The molecule has 0 spiro atoms. The number of thiazole rings is 4. The smallest absolute Gasteiger partial charge is 0.350 e. The number of rotatable bonds is 35. The molecule has 0 unspecified atom stereocenters. The molecule has 3 aromatic carbocycles. The second kappa shape index (κ2) is 51.5. The summed E-state index contributed by atoms with van der Waals surface area (Å²) < 4.78 is 105.